The highest BCUT2D eigenvalue weighted by atomic mass is 19.1. The third-order valence-corrected chi connectivity index (χ3v) is 2.57. The molecule has 0 atom stereocenters. The smallest absolute Gasteiger partial charge is 0.255 e. The van der Waals surface area contributed by atoms with Crippen LogP contribution in [0.15, 0.2) is 42.5 Å². The van der Waals surface area contributed by atoms with E-state index in [4.69, 9.17) is 0 Å². The minimum atomic E-state index is -0.729. The first-order valence-electron chi connectivity index (χ1n) is 5.40. The van der Waals surface area contributed by atoms with Gasteiger partial charge in [-0.25, -0.2) is 8.78 Å². The maximum atomic E-state index is 13.3. The number of amides is 1. The van der Waals surface area contributed by atoms with Gasteiger partial charge in [-0.3, -0.25) is 4.79 Å². The molecule has 2 aromatic rings. The van der Waals surface area contributed by atoms with Gasteiger partial charge in [0.15, 0.2) is 0 Å². The number of hydrogen-bond acceptors (Lipinski definition) is 1. The van der Waals surface area contributed by atoms with Crippen molar-refractivity contribution in [2.45, 2.75) is 6.92 Å². The molecule has 1 amide bonds. The molecule has 0 saturated carbocycles. The van der Waals surface area contributed by atoms with Crippen molar-refractivity contribution in [2.75, 3.05) is 5.32 Å². The first-order chi connectivity index (χ1) is 8.58. The van der Waals surface area contributed by atoms with Crippen molar-refractivity contribution in [3.63, 3.8) is 0 Å². The lowest BCUT2D eigenvalue weighted by molar-refractivity contribution is 0.102. The summed E-state index contributed by atoms with van der Waals surface area (Å²) >= 11 is 0. The molecule has 92 valence electrons. The number of halogens is 2. The summed E-state index contributed by atoms with van der Waals surface area (Å²) in [6.45, 7) is 1.32. The Balaban J connectivity index is 2.25. The summed E-state index contributed by atoms with van der Waals surface area (Å²) in [7, 11) is 0. The largest absolute Gasteiger partial charge is 0.322 e. The molecule has 2 aromatic carbocycles. The van der Waals surface area contributed by atoms with E-state index < -0.39 is 17.5 Å². The predicted molar refractivity (Wildman–Crippen MR) is 65.5 cm³/mol. The fourth-order valence-electron chi connectivity index (χ4n) is 1.50. The Morgan fingerprint density at radius 1 is 1.06 bits per heavy atom. The van der Waals surface area contributed by atoms with Crippen LogP contribution >= 0.6 is 0 Å². The molecule has 0 aliphatic heterocycles. The molecule has 0 bridgehead atoms. The van der Waals surface area contributed by atoms with Gasteiger partial charge in [0.25, 0.3) is 5.91 Å². The SMILES string of the molecule is Cc1c(F)cc(C(=O)Nc2ccccc2)cc1F. The number of carbonyl (C=O) groups excluding carboxylic acids is 1. The molecular formula is C14H11F2NO. The summed E-state index contributed by atoms with van der Waals surface area (Å²) in [6, 6.07) is 10.8. The maximum absolute atomic E-state index is 13.3. The van der Waals surface area contributed by atoms with Crippen molar-refractivity contribution < 1.29 is 13.6 Å². The second-order valence-corrected chi connectivity index (χ2v) is 3.89. The van der Waals surface area contributed by atoms with E-state index in [-0.39, 0.29) is 11.1 Å². The van der Waals surface area contributed by atoms with Crippen molar-refractivity contribution in [1.29, 1.82) is 0 Å². The molecule has 0 fully saturated rings. The lowest BCUT2D eigenvalue weighted by Crippen LogP contribution is -2.13. The zero-order valence-corrected chi connectivity index (χ0v) is 9.71. The minimum Gasteiger partial charge on any atom is -0.322 e. The first kappa shape index (κ1) is 12.2. The van der Waals surface area contributed by atoms with E-state index in [1.54, 1.807) is 30.3 Å². The Bertz CT molecular complexity index is 559. The lowest BCUT2D eigenvalue weighted by atomic mass is 10.1. The van der Waals surface area contributed by atoms with Gasteiger partial charge in [0.1, 0.15) is 11.6 Å². The molecule has 4 heteroatoms. The monoisotopic (exact) mass is 247 g/mol. The van der Waals surface area contributed by atoms with Crippen LogP contribution in [0.25, 0.3) is 0 Å². The van der Waals surface area contributed by atoms with Crippen LogP contribution in [-0.2, 0) is 0 Å². The molecule has 0 spiro atoms. The lowest BCUT2D eigenvalue weighted by Gasteiger charge is -2.06. The summed E-state index contributed by atoms with van der Waals surface area (Å²) in [6.07, 6.45) is 0. The highest BCUT2D eigenvalue weighted by molar-refractivity contribution is 6.04. The third kappa shape index (κ3) is 2.53. The molecule has 2 rings (SSSR count). The number of carbonyl (C=O) groups is 1. The van der Waals surface area contributed by atoms with Gasteiger partial charge in [-0.1, -0.05) is 18.2 Å². The number of rotatable bonds is 2. The number of anilines is 1. The minimum absolute atomic E-state index is 0.0422. The maximum Gasteiger partial charge on any atom is 0.255 e. The second-order valence-electron chi connectivity index (χ2n) is 3.89. The van der Waals surface area contributed by atoms with Gasteiger partial charge in [0, 0.05) is 16.8 Å². The Kier molecular flexibility index (Phi) is 3.37. The van der Waals surface area contributed by atoms with Crippen LogP contribution in [0, 0.1) is 18.6 Å². The van der Waals surface area contributed by atoms with Gasteiger partial charge in [-0.05, 0) is 31.2 Å². The zero-order valence-electron chi connectivity index (χ0n) is 9.71. The molecule has 0 unspecified atom stereocenters. The summed E-state index contributed by atoms with van der Waals surface area (Å²) in [4.78, 5) is 11.8. The van der Waals surface area contributed by atoms with Crippen molar-refractivity contribution in [1.82, 2.24) is 0 Å². The predicted octanol–water partition coefficient (Wildman–Crippen LogP) is 3.53. The highest BCUT2D eigenvalue weighted by Crippen LogP contribution is 2.15. The average Bonchev–Trinajstić information content (AvgIpc) is 2.36. The average molecular weight is 247 g/mol. The van der Waals surface area contributed by atoms with Gasteiger partial charge in [-0.2, -0.15) is 0 Å². The Morgan fingerprint density at radius 2 is 1.61 bits per heavy atom. The van der Waals surface area contributed by atoms with E-state index in [9.17, 15) is 13.6 Å². The fraction of sp³-hybridized carbons (Fsp3) is 0.0714. The Morgan fingerprint density at radius 3 is 2.17 bits per heavy atom. The van der Waals surface area contributed by atoms with Crippen molar-refractivity contribution >= 4 is 11.6 Å². The van der Waals surface area contributed by atoms with E-state index in [1.165, 1.54) is 6.92 Å². The summed E-state index contributed by atoms with van der Waals surface area (Å²) in [5, 5.41) is 2.56. The molecule has 18 heavy (non-hydrogen) atoms. The van der Waals surface area contributed by atoms with Gasteiger partial charge < -0.3 is 5.32 Å². The molecular weight excluding hydrogens is 236 g/mol. The summed E-state index contributed by atoms with van der Waals surface area (Å²) in [5.74, 6) is -2.00. The van der Waals surface area contributed by atoms with E-state index >= 15 is 0 Å². The molecule has 0 aliphatic rings. The number of nitrogens with one attached hydrogen (secondary N) is 1. The van der Waals surface area contributed by atoms with Crippen LogP contribution in [0.3, 0.4) is 0 Å². The van der Waals surface area contributed by atoms with E-state index in [0.29, 0.717) is 5.69 Å². The third-order valence-electron chi connectivity index (χ3n) is 2.57. The van der Waals surface area contributed by atoms with Gasteiger partial charge >= 0.3 is 0 Å². The normalized spacial score (nSPS) is 10.2. The molecule has 2 nitrogen and oxygen atoms in total. The van der Waals surface area contributed by atoms with Crippen LogP contribution in [0.1, 0.15) is 15.9 Å². The number of benzene rings is 2. The molecule has 0 saturated heterocycles. The quantitative estimate of drug-likeness (QED) is 0.864. The topological polar surface area (TPSA) is 29.1 Å². The van der Waals surface area contributed by atoms with Gasteiger partial charge in [-0.15, -0.1) is 0 Å². The van der Waals surface area contributed by atoms with E-state index in [1.807, 2.05) is 0 Å². The Labute approximate surface area is 103 Å². The summed E-state index contributed by atoms with van der Waals surface area (Å²) in [5.41, 5.74) is 0.439. The van der Waals surface area contributed by atoms with Crippen molar-refractivity contribution in [3.8, 4) is 0 Å². The molecule has 0 radical (unpaired) electrons. The van der Waals surface area contributed by atoms with Crippen LogP contribution in [0.2, 0.25) is 0 Å². The standard InChI is InChI=1S/C14H11F2NO/c1-9-12(15)7-10(8-13(9)16)14(18)17-11-5-3-2-4-6-11/h2-8H,1H3,(H,17,18). The van der Waals surface area contributed by atoms with Gasteiger partial charge in [0.05, 0.1) is 0 Å². The molecule has 0 heterocycles. The second kappa shape index (κ2) is 4.96. The van der Waals surface area contributed by atoms with E-state index in [0.717, 1.165) is 12.1 Å². The molecule has 0 aromatic heterocycles. The van der Waals surface area contributed by atoms with Crippen LogP contribution in [0.5, 0.6) is 0 Å². The van der Waals surface area contributed by atoms with E-state index in [2.05, 4.69) is 5.32 Å². The van der Waals surface area contributed by atoms with Crippen molar-refractivity contribution in [3.05, 3.63) is 65.2 Å². The number of para-hydroxylation sites is 1. The first-order valence-corrected chi connectivity index (χ1v) is 5.40. The summed E-state index contributed by atoms with van der Waals surface area (Å²) < 4.78 is 26.6. The van der Waals surface area contributed by atoms with Crippen LogP contribution in [-0.4, -0.2) is 5.91 Å². The highest BCUT2D eigenvalue weighted by Gasteiger charge is 2.12. The number of hydrogen-bond donors (Lipinski definition) is 1. The molecule has 1 N–H and O–H groups in total. The van der Waals surface area contributed by atoms with Crippen molar-refractivity contribution in [2.24, 2.45) is 0 Å². The van der Waals surface area contributed by atoms with Gasteiger partial charge in [0.2, 0.25) is 0 Å². The fourth-order valence-corrected chi connectivity index (χ4v) is 1.50. The van der Waals surface area contributed by atoms with Crippen LogP contribution < -0.4 is 5.32 Å². The Hall–Kier alpha value is -2.23. The van der Waals surface area contributed by atoms with Crippen LogP contribution in [0.4, 0.5) is 14.5 Å². The molecule has 0 aliphatic carbocycles. The zero-order chi connectivity index (χ0) is 13.1.